The Balaban J connectivity index is 1.45. The first-order valence-electron chi connectivity index (χ1n) is 11.6. The topological polar surface area (TPSA) is 147 Å². The number of sulfonamides is 1. The van der Waals surface area contributed by atoms with Gasteiger partial charge in [-0.3, -0.25) is 15.0 Å². The van der Waals surface area contributed by atoms with Crippen molar-refractivity contribution in [2.75, 3.05) is 19.7 Å². The van der Waals surface area contributed by atoms with Crippen LogP contribution in [0.15, 0.2) is 59.5 Å². The van der Waals surface area contributed by atoms with Gasteiger partial charge in [0, 0.05) is 29.7 Å². The molecule has 0 radical (unpaired) electrons. The Kier molecular flexibility index (Phi) is 7.62. The highest BCUT2D eigenvalue weighted by atomic mass is 32.2. The molecule has 0 saturated carbocycles. The number of nitrogens with zero attached hydrogens (tertiary/aromatic N) is 2. The Morgan fingerprint density at radius 3 is 2.51 bits per heavy atom. The first kappa shape index (κ1) is 26.3. The van der Waals surface area contributed by atoms with Crippen LogP contribution in [0.3, 0.4) is 0 Å². The van der Waals surface area contributed by atoms with Gasteiger partial charge in [-0.2, -0.15) is 0 Å². The first-order chi connectivity index (χ1) is 17.6. The predicted molar refractivity (Wildman–Crippen MR) is 133 cm³/mol. The molecule has 11 nitrogen and oxygen atoms in total. The average Bonchev–Trinajstić information content (AvgIpc) is 2.85. The lowest BCUT2D eigenvalue weighted by molar-refractivity contribution is -0.132. The molecule has 0 unspecified atom stereocenters. The van der Waals surface area contributed by atoms with Crippen LogP contribution in [0.5, 0.6) is 5.75 Å². The number of aromatic nitrogens is 1. The number of aryl methyl sites for hydroxylation is 1. The minimum absolute atomic E-state index is 0.0385. The van der Waals surface area contributed by atoms with E-state index < -0.39 is 27.6 Å². The van der Waals surface area contributed by atoms with Crippen LogP contribution in [-0.4, -0.2) is 60.7 Å². The largest absolute Gasteiger partial charge is 0.489 e. The van der Waals surface area contributed by atoms with Crippen LogP contribution in [0.25, 0.3) is 10.9 Å². The normalized spacial score (nSPS) is 14.6. The third-order valence-corrected chi connectivity index (χ3v) is 7.54. The van der Waals surface area contributed by atoms with Gasteiger partial charge in [0.2, 0.25) is 15.9 Å². The van der Waals surface area contributed by atoms with Crippen molar-refractivity contribution in [1.29, 1.82) is 0 Å². The van der Waals surface area contributed by atoms with E-state index in [1.807, 2.05) is 37.3 Å². The molecule has 0 aliphatic carbocycles. The van der Waals surface area contributed by atoms with Gasteiger partial charge >= 0.3 is 6.09 Å². The van der Waals surface area contributed by atoms with Gasteiger partial charge in [-0.15, -0.1) is 0 Å². The summed E-state index contributed by atoms with van der Waals surface area (Å²) in [5.41, 5.74) is 2.92. The molecule has 1 aliphatic heterocycles. The molecule has 1 fully saturated rings. The zero-order valence-electron chi connectivity index (χ0n) is 20.4. The number of hydrogen-bond acceptors (Lipinski definition) is 8. The number of rotatable bonds is 9. The fourth-order valence-electron chi connectivity index (χ4n) is 4.32. The van der Waals surface area contributed by atoms with E-state index in [0.717, 1.165) is 22.2 Å². The molecule has 37 heavy (non-hydrogen) atoms. The summed E-state index contributed by atoms with van der Waals surface area (Å²) in [6, 6.07) is 15.6. The van der Waals surface area contributed by atoms with Crippen LogP contribution in [0.4, 0.5) is 4.79 Å². The number of para-hydroxylation sites is 1. The number of hydrogen-bond donors (Lipinski definition) is 3. The highest BCUT2D eigenvalue weighted by Gasteiger charge is 2.49. The summed E-state index contributed by atoms with van der Waals surface area (Å²) in [5.74, 6) is -0.308. The summed E-state index contributed by atoms with van der Waals surface area (Å²) in [5, 5.41) is 9.91. The number of ether oxygens (including phenoxy) is 2. The smallest absolute Gasteiger partial charge is 0.409 e. The van der Waals surface area contributed by atoms with Crippen LogP contribution in [0.1, 0.15) is 24.6 Å². The quantitative estimate of drug-likeness (QED) is 0.284. The zero-order valence-corrected chi connectivity index (χ0v) is 21.2. The minimum atomic E-state index is -4.07. The van der Waals surface area contributed by atoms with Crippen LogP contribution in [0, 0.1) is 6.92 Å². The molecule has 12 heteroatoms. The van der Waals surface area contributed by atoms with Gasteiger partial charge in [-0.05, 0) is 50.2 Å². The predicted octanol–water partition coefficient (Wildman–Crippen LogP) is 2.51. The third-order valence-electron chi connectivity index (χ3n) is 5.95. The summed E-state index contributed by atoms with van der Waals surface area (Å²) >= 11 is 0. The van der Waals surface area contributed by atoms with E-state index in [4.69, 9.17) is 14.7 Å². The van der Waals surface area contributed by atoms with E-state index in [0.29, 0.717) is 5.75 Å². The lowest BCUT2D eigenvalue weighted by Crippen LogP contribution is -2.72. The van der Waals surface area contributed by atoms with Gasteiger partial charge in [-0.1, -0.05) is 18.2 Å². The number of benzene rings is 2. The van der Waals surface area contributed by atoms with Gasteiger partial charge in [0.1, 0.15) is 12.4 Å². The summed E-state index contributed by atoms with van der Waals surface area (Å²) in [7, 11) is -4.07. The van der Waals surface area contributed by atoms with Crippen molar-refractivity contribution in [3.8, 4) is 5.75 Å². The fraction of sp³-hybridized carbons (Fsp3) is 0.320. The molecule has 3 aromatic rings. The molecule has 2 aromatic carbocycles. The summed E-state index contributed by atoms with van der Waals surface area (Å²) < 4.78 is 39.6. The van der Waals surface area contributed by atoms with Crippen molar-refractivity contribution < 1.29 is 32.7 Å². The highest BCUT2D eigenvalue weighted by molar-refractivity contribution is 7.89. The van der Waals surface area contributed by atoms with Crippen LogP contribution in [-0.2, 0) is 26.2 Å². The number of carbonyl (C=O) groups is 2. The van der Waals surface area contributed by atoms with Gasteiger partial charge in [0.25, 0.3) is 0 Å². The number of amides is 2. The number of nitrogens with one attached hydrogen (secondary N) is 2. The first-order valence-corrected chi connectivity index (χ1v) is 13.1. The lowest BCUT2D eigenvalue weighted by Gasteiger charge is -2.48. The van der Waals surface area contributed by atoms with Crippen LogP contribution < -0.4 is 14.9 Å². The lowest BCUT2D eigenvalue weighted by atomic mass is 9.87. The van der Waals surface area contributed by atoms with Gasteiger partial charge in [-0.25, -0.2) is 23.4 Å². The van der Waals surface area contributed by atoms with Crippen molar-refractivity contribution >= 4 is 32.9 Å². The second-order valence-electron chi connectivity index (χ2n) is 8.85. The van der Waals surface area contributed by atoms with E-state index >= 15 is 0 Å². The monoisotopic (exact) mass is 528 g/mol. The zero-order chi connectivity index (χ0) is 26.6. The Labute approximate surface area is 214 Å². The maximum absolute atomic E-state index is 13.1. The third kappa shape index (κ3) is 5.98. The minimum Gasteiger partial charge on any atom is -0.489 e. The Morgan fingerprint density at radius 2 is 1.84 bits per heavy atom. The number of likely N-dealkylation sites (tertiary alicyclic amines) is 1. The SMILES string of the molecule is CCOC(=O)N1CC(CC(=O)NO)(NS(=O)(=O)c2ccc(OCc3cc(C)nc4ccccc34)cc2)C1. The fourth-order valence-corrected chi connectivity index (χ4v) is 5.71. The molecule has 0 spiro atoms. The standard InChI is InChI=1S/C25H28N4O7S/c1-3-35-24(31)29-15-25(16-29,13-23(30)27-32)28-37(33,34)20-10-8-19(9-11-20)36-14-18-12-17(2)26-22-7-5-4-6-21(18)22/h4-12,28,32H,3,13-16H2,1-2H3,(H,27,30). The van der Waals surface area contributed by atoms with Crippen molar-refractivity contribution in [2.24, 2.45) is 0 Å². The molecule has 0 bridgehead atoms. The highest BCUT2D eigenvalue weighted by Crippen LogP contribution is 2.29. The summed E-state index contributed by atoms with van der Waals surface area (Å²) in [6.07, 6.45) is -0.973. The molecule has 2 amide bonds. The van der Waals surface area contributed by atoms with Gasteiger partial charge in [0.15, 0.2) is 0 Å². The molecule has 2 heterocycles. The second-order valence-corrected chi connectivity index (χ2v) is 10.5. The van der Waals surface area contributed by atoms with E-state index in [9.17, 15) is 18.0 Å². The van der Waals surface area contributed by atoms with Crippen LogP contribution >= 0.6 is 0 Å². The van der Waals surface area contributed by atoms with Crippen molar-refractivity contribution in [1.82, 2.24) is 20.1 Å². The molecule has 1 aliphatic rings. The van der Waals surface area contributed by atoms with E-state index in [1.165, 1.54) is 22.5 Å². The van der Waals surface area contributed by atoms with Gasteiger partial charge in [0.05, 0.1) is 29.0 Å². The number of fused-ring (bicyclic) bond motifs is 1. The van der Waals surface area contributed by atoms with E-state index in [-0.39, 0.29) is 37.6 Å². The van der Waals surface area contributed by atoms with Crippen molar-refractivity contribution in [3.63, 3.8) is 0 Å². The second kappa shape index (κ2) is 10.7. The summed E-state index contributed by atoms with van der Waals surface area (Å²) in [6.45, 7) is 3.83. The number of hydroxylamine groups is 1. The van der Waals surface area contributed by atoms with Crippen LogP contribution in [0.2, 0.25) is 0 Å². The van der Waals surface area contributed by atoms with Crippen molar-refractivity contribution in [3.05, 3.63) is 65.9 Å². The van der Waals surface area contributed by atoms with E-state index in [1.54, 1.807) is 19.1 Å². The number of carbonyl (C=O) groups excluding carboxylic acids is 2. The maximum Gasteiger partial charge on any atom is 0.409 e. The Morgan fingerprint density at radius 1 is 1.14 bits per heavy atom. The molecule has 3 N–H and O–H groups in total. The number of pyridine rings is 1. The molecule has 1 aromatic heterocycles. The molecular formula is C25H28N4O7S. The molecule has 1 saturated heterocycles. The molecule has 4 rings (SSSR count). The average molecular weight is 529 g/mol. The van der Waals surface area contributed by atoms with Crippen molar-refractivity contribution in [2.45, 2.75) is 37.3 Å². The Hall–Kier alpha value is -3.74. The maximum atomic E-state index is 13.1. The summed E-state index contributed by atoms with van der Waals surface area (Å²) in [4.78, 5) is 29.5. The molecule has 196 valence electrons. The molecule has 0 atom stereocenters. The Bertz CT molecular complexity index is 1400. The van der Waals surface area contributed by atoms with E-state index in [2.05, 4.69) is 9.71 Å². The molecular weight excluding hydrogens is 500 g/mol. The van der Waals surface area contributed by atoms with Gasteiger partial charge < -0.3 is 14.4 Å².